The van der Waals surface area contributed by atoms with Gasteiger partial charge in [0.15, 0.2) is 9.60 Å². The number of thiazole rings is 1. The first-order chi connectivity index (χ1) is 7.13. The molecule has 0 unspecified atom stereocenters. The van der Waals surface area contributed by atoms with Crippen LogP contribution >= 0.6 is 23.6 Å². The van der Waals surface area contributed by atoms with E-state index in [0.717, 1.165) is 14.3 Å². The molecule has 15 heavy (non-hydrogen) atoms. The van der Waals surface area contributed by atoms with Crippen LogP contribution in [0.15, 0.2) is 0 Å². The van der Waals surface area contributed by atoms with E-state index in [1.54, 1.807) is 0 Å². The third-order valence-electron chi connectivity index (χ3n) is 1.99. The number of fused-ring (bicyclic) bond motifs is 1. The lowest BCUT2D eigenvalue weighted by Gasteiger charge is -2.03. The monoisotopic (exact) mass is 241 g/mol. The zero-order valence-corrected chi connectivity index (χ0v) is 10.4. The minimum absolute atomic E-state index is 0.597. The smallest absolute Gasteiger partial charge is 0.236 e. The Morgan fingerprint density at radius 3 is 2.87 bits per heavy atom. The van der Waals surface area contributed by atoms with Gasteiger partial charge in [-0.25, -0.2) is 4.98 Å². The fourth-order valence-corrected chi connectivity index (χ4v) is 2.52. The lowest BCUT2D eigenvalue weighted by Crippen LogP contribution is -1.99. The molecule has 0 aromatic carbocycles. The molecule has 2 rings (SSSR count). The van der Waals surface area contributed by atoms with Crippen molar-refractivity contribution in [2.24, 2.45) is 7.05 Å². The van der Waals surface area contributed by atoms with E-state index in [-0.39, 0.29) is 0 Å². The highest BCUT2D eigenvalue weighted by Gasteiger charge is 2.11. The Morgan fingerprint density at radius 2 is 2.20 bits per heavy atom. The van der Waals surface area contributed by atoms with Crippen LogP contribution in [0.5, 0.6) is 5.88 Å². The Morgan fingerprint density at radius 1 is 1.47 bits per heavy atom. The third-order valence-corrected chi connectivity index (χ3v) is 3.52. The molecule has 2 aromatic rings. The average molecular weight is 241 g/mol. The molecule has 0 atom stereocenters. The van der Waals surface area contributed by atoms with Crippen LogP contribution < -0.4 is 4.74 Å². The molecule has 0 saturated carbocycles. The predicted octanol–water partition coefficient (Wildman–Crippen LogP) is 2.47. The quantitative estimate of drug-likeness (QED) is 0.757. The summed E-state index contributed by atoms with van der Waals surface area (Å²) in [5, 5.41) is 0. The van der Waals surface area contributed by atoms with Gasteiger partial charge in [0.25, 0.3) is 0 Å². The van der Waals surface area contributed by atoms with Crippen molar-refractivity contribution in [3.8, 4) is 5.88 Å². The van der Waals surface area contributed by atoms with Gasteiger partial charge >= 0.3 is 0 Å². The number of aryl methyl sites for hydroxylation is 2. The topological polar surface area (TPSA) is 39.9 Å². The van der Waals surface area contributed by atoms with Gasteiger partial charge in [-0.05, 0) is 26.1 Å². The molecule has 0 aliphatic rings. The van der Waals surface area contributed by atoms with E-state index in [1.807, 2.05) is 25.5 Å². The number of hydrogen-bond acceptors (Lipinski definition) is 5. The van der Waals surface area contributed by atoms with Crippen molar-refractivity contribution in [1.29, 1.82) is 0 Å². The maximum atomic E-state index is 5.47. The van der Waals surface area contributed by atoms with Gasteiger partial charge in [0.2, 0.25) is 5.88 Å². The van der Waals surface area contributed by atoms with Crippen molar-refractivity contribution in [2.45, 2.75) is 13.8 Å². The van der Waals surface area contributed by atoms with E-state index < -0.39 is 0 Å². The second-order valence-corrected chi connectivity index (χ2v) is 4.73. The van der Waals surface area contributed by atoms with Crippen LogP contribution in [0.3, 0.4) is 0 Å². The van der Waals surface area contributed by atoms with Crippen molar-refractivity contribution >= 4 is 33.9 Å². The van der Waals surface area contributed by atoms with E-state index in [4.69, 9.17) is 17.0 Å². The largest absolute Gasteiger partial charge is 0.477 e. The summed E-state index contributed by atoms with van der Waals surface area (Å²) in [7, 11) is 1.91. The van der Waals surface area contributed by atoms with Crippen LogP contribution in [-0.4, -0.2) is 21.1 Å². The van der Waals surface area contributed by atoms with Crippen molar-refractivity contribution in [2.75, 3.05) is 6.61 Å². The van der Waals surface area contributed by atoms with Gasteiger partial charge in [0.05, 0.1) is 6.61 Å². The molecule has 0 radical (unpaired) electrons. The fraction of sp³-hybridized carbons (Fsp3) is 0.444. The summed E-state index contributed by atoms with van der Waals surface area (Å²) in [6.07, 6.45) is 0. The molecule has 0 aliphatic heterocycles. The number of ether oxygens (including phenoxy) is 1. The molecule has 2 heterocycles. The molecule has 2 aromatic heterocycles. The summed E-state index contributed by atoms with van der Waals surface area (Å²) in [6, 6.07) is 0. The second-order valence-electron chi connectivity index (χ2n) is 3.09. The molecule has 0 spiro atoms. The summed E-state index contributed by atoms with van der Waals surface area (Å²) in [4.78, 5) is 8.62. The molecular weight excluding hydrogens is 230 g/mol. The lowest BCUT2D eigenvalue weighted by molar-refractivity contribution is 0.330. The first-order valence-corrected chi connectivity index (χ1v) is 5.83. The van der Waals surface area contributed by atoms with Gasteiger partial charge in [-0.2, -0.15) is 4.98 Å². The van der Waals surface area contributed by atoms with E-state index in [0.29, 0.717) is 18.3 Å². The molecule has 0 aliphatic carbocycles. The van der Waals surface area contributed by atoms with Crippen molar-refractivity contribution in [3.63, 3.8) is 0 Å². The average Bonchev–Trinajstić information content (AvgIpc) is 2.46. The lowest BCUT2D eigenvalue weighted by atomic mass is 10.5. The maximum Gasteiger partial charge on any atom is 0.236 e. The van der Waals surface area contributed by atoms with Crippen LogP contribution in [0.25, 0.3) is 10.3 Å². The summed E-state index contributed by atoms with van der Waals surface area (Å²) in [6.45, 7) is 4.38. The zero-order valence-electron chi connectivity index (χ0n) is 8.77. The van der Waals surface area contributed by atoms with Crippen molar-refractivity contribution < 1.29 is 4.74 Å². The van der Waals surface area contributed by atoms with Crippen LogP contribution in [0.4, 0.5) is 0 Å². The SMILES string of the molecule is CCOc1nc(C)nc2c1sc(=S)n2C. The molecular formula is C9H11N3OS2. The molecule has 0 bridgehead atoms. The summed E-state index contributed by atoms with van der Waals surface area (Å²) >= 11 is 6.68. The van der Waals surface area contributed by atoms with E-state index >= 15 is 0 Å². The summed E-state index contributed by atoms with van der Waals surface area (Å²) in [5.74, 6) is 1.34. The molecule has 0 fully saturated rings. The summed E-state index contributed by atoms with van der Waals surface area (Å²) < 4.78 is 9.06. The van der Waals surface area contributed by atoms with Gasteiger partial charge < -0.3 is 9.30 Å². The van der Waals surface area contributed by atoms with Gasteiger partial charge in [0.1, 0.15) is 10.5 Å². The molecule has 0 saturated heterocycles. The Bertz CT molecular complexity index is 558. The van der Waals surface area contributed by atoms with Crippen molar-refractivity contribution in [1.82, 2.24) is 14.5 Å². The standard InChI is InChI=1S/C9H11N3OS2/c1-4-13-8-6-7(10-5(2)11-8)12(3)9(14)15-6/h4H2,1-3H3. The zero-order chi connectivity index (χ0) is 11.0. The maximum absolute atomic E-state index is 5.47. The molecule has 0 N–H and O–H groups in total. The minimum Gasteiger partial charge on any atom is -0.477 e. The third kappa shape index (κ3) is 1.74. The number of rotatable bonds is 2. The number of aromatic nitrogens is 3. The number of hydrogen-bond donors (Lipinski definition) is 0. The van der Waals surface area contributed by atoms with E-state index in [2.05, 4.69) is 9.97 Å². The highest BCUT2D eigenvalue weighted by Crippen LogP contribution is 2.28. The highest BCUT2D eigenvalue weighted by molar-refractivity contribution is 7.73. The van der Waals surface area contributed by atoms with Gasteiger partial charge in [0, 0.05) is 7.05 Å². The van der Waals surface area contributed by atoms with Gasteiger partial charge in [-0.1, -0.05) is 11.3 Å². The molecule has 0 amide bonds. The van der Waals surface area contributed by atoms with Gasteiger partial charge in [-0.3, -0.25) is 0 Å². The van der Waals surface area contributed by atoms with Gasteiger partial charge in [-0.15, -0.1) is 0 Å². The Kier molecular flexibility index (Phi) is 2.70. The predicted molar refractivity (Wildman–Crippen MR) is 63.1 cm³/mol. The normalized spacial score (nSPS) is 10.9. The van der Waals surface area contributed by atoms with Crippen molar-refractivity contribution in [3.05, 3.63) is 9.78 Å². The molecule has 6 heteroatoms. The van der Waals surface area contributed by atoms with Crippen LogP contribution in [0.1, 0.15) is 12.7 Å². The van der Waals surface area contributed by atoms with Crippen LogP contribution in [0, 0.1) is 10.9 Å². The fourth-order valence-electron chi connectivity index (χ4n) is 1.32. The molecule has 4 nitrogen and oxygen atoms in total. The highest BCUT2D eigenvalue weighted by atomic mass is 32.1. The van der Waals surface area contributed by atoms with E-state index in [1.165, 1.54) is 11.3 Å². The minimum atomic E-state index is 0.597. The Balaban J connectivity index is 2.80. The Hall–Kier alpha value is -1.01. The first kappa shape index (κ1) is 10.5. The van der Waals surface area contributed by atoms with Crippen LogP contribution in [-0.2, 0) is 7.05 Å². The van der Waals surface area contributed by atoms with E-state index in [9.17, 15) is 0 Å². The number of nitrogens with zero attached hydrogens (tertiary/aromatic N) is 3. The first-order valence-electron chi connectivity index (χ1n) is 4.60. The van der Waals surface area contributed by atoms with Crippen LogP contribution in [0.2, 0.25) is 0 Å². The summed E-state index contributed by atoms with van der Waals surface area (Å²) in [5.41, 5.74) is 0.848. The Labute approximate surface area is 96.6 Å². The molecule has 80 valence electrons. The second kappa shape index (κ2) is 3.86.